The molecule has 0 amide bonds. The van der Waals surface area contributed by atoms with Gasteiger partial charge in [-0.05, 0) is 36.2 Å². The van der Waals surface area contributed by atoms with Crippen LogP contribution >= 0.6 is 11.6 Å². The first kappa shape index (κ1) is 17.2. The van der Waals surface area contributed by atoms with Crippen molar-refractivity contribution in [2.75, 3.05) is 14.1 Å². The summed E-state index contributed by atoms with van der Waals surface area (Å²) in [4.78, 5) is 13.7. The average Bonchev–Trinajstić information content (AvgIpc) is 2.65. The summed E-state index contributed by atoms with van der Waals surface area (Å²) in [5.74, 6) is 0.993. The van der Waals surface area contributed by atoms with Gasteiger partial charge in [-0.3, -0.25) is 0 Å². The average molecular weight is 354 g/mol. The number of halogens is 1. The number of aliphatic imine (C=N–C) groups is 1. The van der Waals surface area contributed by atoms with Gasteiger partial charge >= 0.3 is 0 Å². The first-order valence-electron chi connectivity index (χ1n) is 8.15. The summed E-state index contributed by atoms with van der Waals surface area (Å²) in [7, 11) is 3.59. The third-order valence-electron chi connectivity index (χ3n) is 3.94. The molecule has 3 rings (SSSR count). The van der Waals surface area contributed by atoms with Gasteiger partial charge in [0.05, 0.1) is 11.2 Å². The number of hydrogen-bond acceptors (Lipinski definition) is 3. The lowest BCUT2D eigenvalue weighted by atomic mass is 10.0. The number of hydrogen-bond donors (Lipinski definition) is 2. The number of nitrogens with zero attached hydrogens (tertiary/aromatic N) is 3. The van der Waals surface area contributed by atoms with Gasteiger partial charge in [-0.25, -0.2) is 9.97 Å². The van der Waals surface area contributed by atoms with Crippen molar-refractivity contribution in [2.45, 2.75) is 13.3 Å². The van der Waals surface area contributed by atoms with E-state index >= 15 is 0 Å². The summed E-state index contributed by atoms with van der Waals surface area (Å²) in [6, 6.07) is 14.0. The van der Waals surface area contributed by atoms with Crippen molar-refractivity contribution in [1.29, 1.82) is 0 Å². The third-order valence-corrected chi connectivity index (χ3v) is 4.18. The minimum Gasteiger partial charge on any atom is -0.359 e. The maximum Gasteiger partial charge on any atom is 0.253 e. The van der Waals surface area contributed by atoms with E-state index in [-0.39, 0.29) is 0 Å². The van der Waals surface area contributed by atoms with Crippen LogP contribution in [0.25, 0.3) is 22.2 Å². The van der Waals surface area contributed by atoms with E-state index in [1.807, 2.05) is 30.3 Å². The molecule has 3 aromatic rings. The Bertz CT molecular complexity index is 930. The molecule has 0 atom stereocenters. The highest BCUT2D eigenvalue weighted by Crippen LogP contribution is 2.30. The first-order valence-corrected chi connectivity index (χ1v) is 8.53. The van der Waals surface area contributed by atoms with E-state index in [0.717, 1.165) is 28.6 Å². The fourth-order valence-corrected chi connectivity index (χ4v) is 2.81. The Labute approximate surface area is 152 Å². The molecule has 0 fully saturated rings. The van der Waals surface area contributed by atoms with Gasteiger partial charge in [-0.1, -0.05) is 36.7 Å². The standard InChI is InChI=1S/C19H20ClN5/c1-4-12-6-5-7-13(10-12)17-15-11-14(20)8-9-16(15)23-19(24-17)25-18(21-2)22-3/h5-11H,4H2,1-3H3,(H2,21,22,23,24,25). The Balaban J connectivity index is 2.26. The van der Waals surface area contributed by atoms with Crippen LogP contribution in [-0.2, 0) is 6.42 Å². The minimum atomic E-state index is 0.394. The number of fused-ring (bicyclic) bond motifs is 1. The number of aromatic nitrogens is 2. The zero-order chi connectivity index (χ0) is 17.8. The molecule has 0 unspecified atom stereocenters. The first-order chi connectivity index (χ1) is 12.1. The lowest BCUT2D eigenvalue weighted by molar-refractivity contribution is 1.01. The monoisotopic (exact) mass is 353 g/mol. The highest BCUT2D eigenvalue weighted by Gasteiger charge is 2.11. The smallest absolute Gasteiger partial charge is 0.253 e. The van der Waals surface area contributed by atoms with Gasteiger partial charge in [0, 0.05) is 30.1 Å². The molecule has 1 aromatic heterocycles. The molecular formula is C19H20ClN5. The van der Waals surface area contributed by atoms with Crippen molar-refractivity contribution >= 4 is 34.4 Å². The van der Waals surface area contributed by atoms with Crippen LogP contribution in [0.5, 0.6) is 0 Å². The van der Waals surface area contributed by atoms with E-state index in [1.54, 1.807) is 14.1 Å². The molecule has 1 heterocycles. The van der Waals surface area contributed by atoms with Crippen LogP contribution in [0.1, 0.15) is 12.5 Å². The maximum atomic E-state index is 6.20. The molecule has 5 nitrogen and oxygen atoms in total. The van der Waals surface area contributed by atoms with E-state index in [0.29, 0.717) is 16.9 Å². The quantitative estimate of drug-likeness (QED) is 0.553. The molecule has 0 saturated carbocycles. The fourth-order valence-electron chi connectivity index (χ4n) is 2.63. The lowest BCUT2D eigenvalue weighted by Gasteiger charge is -2.10. The van der Waals surface area contributed by atoms with E-state index in [2.05, 4.69) is 44.7 Å². The van der Waals surface area contributed by atoms with Crippen LogP contribution in [0.4, 0.5) is 5.95 Å². The SMILES string of the molecule is CCc1cccc(-c2nc(N=C(NC)NC)nc3ccc(Cl)cc23)c1. The molecule has 0 bridgehead atoms. The highest BCUT2D eigenvalue weighted by molar-refractivity contribution is 6.31. The Hall–Kier alpha value is -2.66. The molecule has 0 saturated heterocycles. The van der Waals surface area contributed by atoms with Crippen molar-refractivity contribution in [3.63, 3.8) is 0 Å². The van der Waals surface area contributed by atoms with Gasteiger partial charge in [-0.15, -0.1) is 0 Å². The van der Waals surface area contributed by atoms with Crippen molar-refractivity contribution in [2.24, 2.45) is 4.99 Å². The normalized spacial score (nSPS) is 10.6. The molecule has 0 aliphatic rings. The van der Waals surface area contributed by atoms with Crippen LogP contribution in [0.15, 0.2) is 47.5 Å². The van der Waals surface area contributed by atoms with Gasteiger partial charge in [0.2, 0.25) is 0 Å². The van der Waals surface area contributed by atoms with Gasteiger partial charge in [0.1, 0.15) is 0 Å². The molecule has 0 radical (unpaired) electrons. The van der Waals surface area contributed by atoms with E-state index < -0.39 is 0 Å². The van der Waals surface area contributed by atoms with E-state index in [4.69, 9.17) is 11.6 Å². The molecule has 2 N–H and O–H groups in total. The summed E-state index contributed by atoms with van der Waals surface area (Å²) in [5.41, 5.74) is 3.91. The molecule has 0 spiro atoms. The zero-order valence-electron chi connectivity index (χ0n) is 14.5. The van der Waals surface area contributed by atoms with Gasteiger partial charge in [0.15, 0.2) is 5.96 Å². The fraction of sp³-hybridized carbons (Fsp3) is 0.211. The lowest BCUT2D eigenvalue weighted by Crippen LogP contribution is -2.31. The molecule has 25 heavy (non-hydrogen) atoms. The summed E-state index contributed by atoms with van der Waals surface area (Å²) >= 11 is 6.20. The van der Waals surface area contributed by atoms with E-state index in [1.165, 1.54) is 5.56 Å². The van der Waals surface area contributed by atoms with Crippen molar-refractivity contribution < 1.29 is 0 Å². The van der Waals surface area contributed by atoms with Crippen LogP contribution in [0.3, 0.4) is 0 Å². The van der Waals surface area contributed by atoms with Crippen LogP contribution in [0.2, 0.25) is 5.02 Å². The highest BCUT2D eigenvalue weighted by atomic mass is 35.5. The molecule has 128 valence electrons. The zero-order valence-corrected chi connectivity index (χ0v) is 15.2. The summed E-state index contributed by atoms with van der Waals surface area (Å²) in [5, 5.41) is 7.52. The van der Waals surface area contributed by atoms with Gasteiger partial charge in [0.25, 0.3) is 5.95 Å². The summed E-state index contributed by atoms with van der Waals surface area (Å²) < 4.78 is 0. The molecule has 0 aliphatic carbocycles. The Kier molecular flexibility index (Phi) is 5.14. The van der Waals surface area contributed by atoms with Crippen molar-refractivity contribution in [1.82, 2.24) is 20.6 Å². The molecule has 6 heteroatoms. The second-order valence-electron chi connectivity index (χ2n) is 5.55. The molecule has 2 aromatic carbocycles. The third kappa shape index (κ3) is 3.72. The number of nitrogens with one attached hydrogen (secondary N) is 2. The topological polar surface area (TPSA) is 62.2 Å². The Morgan fingerprint density at radius 3 is 2.60 bits per heavy atom. The maximum absolute atomic E-state index is 6.20. The largest absolute Gasteiger partial charge is 0.359 e. The number of guanidine groups is 1. The predicted octanol–water partition coefficient (Wildman–Crippen LogP) is 3.94. The number of rotatable bonds is 3. The molecular weight excluding hydrogens is 334 g/mol. The van der Waals surface area contributed by atoms with Crippen LogP contribution < -0.4 is 10.6 Å². The second-order valence-corrected chi connectivity index (χ2v) is 5.98. The molecule has 0 aliphatic heterocycles. The second kappa shape index (κ2) is 7.49. The number of aryl methyl sites for hydroxylation is 1. The Morgan fingerprint density at radius 2 is 1.88 bits per heavy atom. The number of benzene rings is 2. The van der Waals surface area contributed by atoms with Gasteiger partial charge in [-0.2, -0.15) is 4.99 Å². The summed E-state index contributed by atoms with van der Waals surface area (Å²) in [6.45, 7) is 2.13. The minimum absolute atomic E-state index is 0.394. The van der Waals surface area contributed by atoms with E-state index in [9.17, 15) is 0 Å². The Morgan fingerprint density at radius 1 is 1.08 bits per heavy atom. The van der Waals surface area contributed by atoms with Crippen LogP contribution in [-0.4, -0.2) is 30.0 Å². The predicted molar refractivity (Wildman–Crippen MR) is 105 cm³/mol. The van der Waals surface area contributed by atoms with Gasteiger partial charge < -0.3 is 10.6 Å². The van der Waals surface area contributed by atoms with Crippen molar-refractivity contribution in [3.8, 4) is 11.3 Å². The van der Waals surface area contributed by atoms with Crippen LogP contribution in [0, 0.1) is 0 Å². The van der Waals surface area contributed by atoms with Crippen molar-refractivity contribution in [3.05, 3.63) is 53.1 Å². The summed E-state index contributed by atoms with van der Waals surface area (Å²) in [6.07, 6.45) is 0.965.